The fourth-order valence-corrected chi connectivity index (χ4v) is 4.30. The van der Waals surface area contributed by atoms with Crippen molar-refractivity contribution in [3.05, 3.63) is 21.7 Å². The molecule has 2 saturated heterocycles. The number of piperidine rings is 1. The van der Waals surface area contributed by atoms with Crippen molar-refractivity contribution in [1.29, 1.82) is 0 Å². The summed E-state index contributed by atoms with van der Waals surface area (Å²) in [4.78, 5) is 11.6. The summed E-state index contributed by atoms with van der Waals surface area (Å²) in [6.07, 6.45) is 6.71. The molecule has 5 heteroatoms. The predicted molar refractivity (Wildman–Crippen MR) is 82.6 cm³/mol. The van der Waals surface area contributed by atoms with Gasteiger partial charge in [-0.15, -0.1) is 0 Å². The molecule has 0 radical (unpaired) electrons. The first-order valence-electron chi connectivity index (χ1n) is 7.53. The van der Waals surface area contributed by atoms with Crippen molar-refractivity contribution in [1.82, 2.24) is 14.9 Å². The second-order valence-corrected chi connectivity index (χ2v) is 6.83. The molecule has 3 heterocycles. The van der Waals surface area contributed by atoms with Crippen molar-refractivity contribution < 1.29 is 0 Å². The van der Waals surface area contributed by atoms with Gasteiger partial charge in [-0.1, -0.05) is 36.5 Å². The van der Waals surface area contributed by atoms with E-state index in [0.717, 1.165) is 37.1 Å². The molecule has 0 aromatic carbocycles. The van der Waals surface area contributed by atoms with Gasteiger partial charge in [0.2, 0.25) is 0 Å². The number of hydrogen-bond acceptors (Lipinski definition) is 3. The predicted octanol–water partition coefficient (Wildman–Crippen LogP) is 4.08. The average Bonchev–Trinajstić information content (AvgIpc) is 2.65. The molecule has 0 spiro atoms. The summed E-state index contributed by atoms with van der Waals surface area (Å²) in [6, 6.07) is 1.35. The SMILES string of the molecule is CCCc1c(Cl)nc(C2CC3CCC(C2)N3C)nc1Cl. The van der Waals surface area contributed by atoms with E-state index in [2.05, 4.69) is 28.8 Å². The van der Waals surface area contributed by atoms with Crippen LogP contribution in [-0.2, 0) is 6.42 Å². The topological polar surface area (TPSA) is 29.0 Å². The van der Waals surface area contributed by atoms with Crippen molar-refractivity contribution >= 4 is 23.2 Å². The molecule has 0 saturated carbocycles. The quantitative estimate of drug-likeness (QED) is 0.787. The highest BCUT2D eigenvalue weighted by Crippen LogP contribution is 2.41. The molecule has 2 aliphatic heterocycles. The number of halogens is 2. The normalized spacial score (nSPS) is 29.9. The van der Waals surface area contributed by atoms with E-state index in [4.69, 9.17) is 23.2 Å². The number of nitrogens with zero attached hydrogens (tertiary/aromatic N) is 3. The summed E-state index contributed by atoms with van der Waals surface area (Å²) >= 11 is 12.6. The first kappa shape index (κ1) is 14.6. The molecule has 20 heavy (non-hydrogen) atoms. The molecular formula is C15H21Cl2N3. The van der Waals surface area contributed by atoms with E-state index in [1.807, 2.05) is 0 Å². The molecular weight excluding hydrogens is 293 g/mol. The fraction of sp³-hybridized carbons (Fsp3) is 0.733. The maximum atomic E-state index is 6.30. The third kappa shape index (κ3) is 2.56. The van der Waals surface area contributed by atoms with Crippen molar-refractivity contribution in [2.24, 2.45) is 0 Å². The van der Waals surface area contributed by atoms with Crippen molar-refractivity contribution in [2.45, 2.75) is 63.5 Å². The van der Waals surface area contributed by atoms with Gasteiger partial charge in [-0.2, -0.15) is 0 Å². The van der Waals surface area contributed by atoms with Gasteiger partial charge in [-0.25, -0.2) is 9.97 Å². The Morgan fingerprint density at radius 1 is 1.10 bits per heavy atom. The Labute approximate surface area is 130 Å². The van der Waals surface area contributed by atoms with Crippen LogP contribution in [0.2, 0.25) is 10.3 Å². The molecule has 1 aromatic heterocycles. The van der Waals surface area contributed by atoms with Crippen LogP contribution in [-0.4, -0.2) is 34.0 Å². The Bertz CT molecular complexity index is 469. The summed E-state index contributed by atoms with van der Waals surface area (Å²) in [5.41, 5.74) is 0.899. The van der Waals surface area contributed by atoms with Gasteiger partial charge < -0.3 is 4.90 Å². The van der Waals surface area contributed by atoms with Crippen LogP contribution >= 0.6 is 23.2 Å². The molecule has 3 rings (SSSR count). The van der Waals surface area contributed by atoms with Crippen molar-refractivity contribution in [2.75, 3.05) is 7.05 Å². The third-order valence-electron chi connectivity index (χ3n) is 4.89. The fourth-order valence-electron chi connectivity index (χ4n) is 3.71. The Hall–Kier alpha value is -0.380. The highest BCUT2D eigenvalue weighted by molar-refractivity contribution is 6.34. The molecule has 110 valence electrons. The number of rotatable bonds is 3. The maximum absolute atomic E-state index is 6.30. The van der Waals surface area contributed by atoms with Gasteiger partial charge >= 0.3 is 0 Å². The highest BCUT2D eigenvalue weighted by atomic mass is 35.5. The van der Waals surface area contributed by atoms with Crippen LogP contribution in [0.3, 0.4) is 0 Å². The van der Waals surface area contributed by atoms with Gasteiger partial charge in [0.25, 0.3) is 0 Å². The summed E-state index contributed by atoms with van der Waals surface area (Å²) < 4.78 is 0. The smallest absolute Gasteiger partial charge is 0.137 e. The van der Waals surface area contributed by atoms with Crippen LogP contribution in [0.15, 0.2) is 0 Å². The summed E-state index contributed by atoms with van der Waals surface area (Å²) in [7, 11) is 2.24. The maximum Gasteiger partial charge on any atom is 0.137 e. The lowest BCUT2D eigenvalue weighted by Crippen LogP contribution is -2.39. The van der Waals surface area contributed by atoms with E-state index in [-0.39, 0.29) is 0 Å². The van der Waals surface area contributed by atoms with Gasteiger partial charge in [-0.3, -0.25) is 0 Å². The number of aromatic nitrogens is 2. The molecule has 2 bridgehead atoms. The standard InChI is InChI=1S/C15H21Cl2N3/c1-3-4-12-13(16)18-15(19-14(12)17)9-7-10-5-6-11(8-9)20(10)2/h9-11H,3-8H2,1-2H3. The Morgan fingerprint density at radius 2 is 1.65 bits per heavy atom. The van der Waals surface area contributed by atoms with Gasteiger partial charge in [0.05, 0.1) is 0 Å². The van der Waals surface area contributed by atoms with Gasteiger partial charge in [0, 0.05) is 23.6 Å². The Balaban J connectivity index is 1.85. The van der Waals surface area contributed by atoms with Crippen LogP contribution in [0.4, 0.5) is 0 Å². The van der Waals surface area contributed by atoms with Crippen LogP contribution in [0.5, 0.6) is 0 Å². The zero-order chi connectivity index (χ0) is 14.3. The minimum absolute atomic E-state index is 0.411. The van der Waals surface area contributed by atoms with Crippen LogP contribution < -0.4 is 0 Å². The van der Waals surface area contributed by atoms with E-state index in [1.165, 1.54) is 12.8 Å². The lowest BCUT2D eigenvalue weighted by molar-refractivity contribution is 0.159. The van der Waals surface area contributed by atoms with Crippen LogP contribution in [0.25, 0.3) is 0 Å². The lowest BCUT2D eigenvalue weighted by Gasteiger charge is -2.35. The first-order chi connectivity index (χ1) is 9.60. The lowest BCUT2D eigenvalue weighted by atomic mass is 9.90. The minimum Gasteiger partial charge on any atom is -0.300 e. The number of fused-ring (bicyclic) bond motifs is 2. The third-order valence-corrected chi connectivity index (χ3v) is 5.51. The van der Waals surface area contributed by atoms with Crippen molar-refractivity contribution in [3.8, 4) is 0 Å². The van der Waals surface area contributed by atoms with Crippen LogP contribution in [0, 0.1) is 0 Å². The minimum atomic E-state index is 0.411. The van der Waals surface area contributed by atoms with E-state index >= 15 is 0 Å². The van der Waals surface area contributed by atoms with E-state index in [0.29, 0.717) is 28.3 Å². The number of hydrogen-bond donors (Lipinski definition) is 0. The molecule has 3 nitrogen and oxygen atoms in total. The summed E-state index contributed by atoms with van der Waals surface area (Å²) in [6.45, 7) is 2.11. The molecule has 1 aromatic rings. The average molecular weight is 314 g/mol. The first-order valence-corrected chi connectivity index (χ1v) is 8.29. The Kier molecular flexibility index (Phi) is 4.21. The van der Waals surface area contributed by atoms with Gasteiger partial charge in [-0.05, 0) is 39.2 Å². The van der Waals surface area contributed by atoms with Gasteiger partial charge in [0.15, 0.2) is 0 Å². The molecule has 2 unspecified atom stereocenters. The molecule has 2 atom stereocenters. The summed E-state index contributed by atoms with van der Waals surface area (Å²) in [5, 5.41) is 1.10. The second-order valence-electron chi connectivity index (χ2n) is 6.11. The molecule has 0 N–H and O–H groups in total. The molecule has 2 fully saturated rings. The van der Waals surface area contributed by atoms with E-state index in [9.17, 15) is 0 Å². The largest absolute Gasteiger partial charge is 0.300 e. The van der Waals surface area contributed by atoms with E-state index < -0.39 is 0 Å². The van der Waals surface area contributed by atoms with Crippen molar-refractivity contribution in [3.63, 3.8) is 0 Å². The monoisotopic (exact) mass is 313 g/mol. The Morgan fingerprint density at radius 3 is 2.15 bits per heavy atom. The van der Waals surface area contributed by atoms with E-state index in [1.54, 1.807) is 0 Å². The molecule has 0 amide bonds. The zero-order valence-corrected chi connectivity index (χ0v) is 13.6. The molecule has 0 aliphatic carbocycles. The molecule has 2 aliphatic rings. The van der Waals surface area contributed by atoms with Crippen LogP contribution in [0.1, 0.15) is 56.3 Å². The zero-order valence-electron chi connectivity index (χ0n) is 12.1. The second kappa shape index (κ2) is 5.78. The van der Waals surface area contributed by atoms with Gasteiger partial charge in [0.1, 0.15) is 16.1 Å². The summed E-state index contributed by atoms with van der Waals surface area (Å²) in [5.74, 6) is 1.26. The highest BCUT2D eigenvalue weighted by Gasteiger charge is 2.40.